The lowest BCUT2D eigenvalue weighted by molar-refractivity contribution is -0.135. The van der Waals surface area contributed by atoms with Crippen LogP contribution in [0.3, 0.4) is 0 Å². The van der Waals surface area contributed by atoms with Crippen LogP contribution in [0.2, 0.25) is 0 Å². The van der Waals surface area contributed by atoms with Crippen molar-refractivity contribution in [2.24, 2.45) is 22.7 Å². The van der Waals surface area contributed by atoms with E-state index in [0.29, 0.717) is 30.3 Å². The molecule has 1 amide bonds. The Morgan fingerprint density at radius 2 is 1.70 bits per heavy atom. The summed E-state index contributed by atoms with van der Waals surface area (Å²) in [5, 5.41) is 3.64. The molecule has 27 heavy (non-hydrogen) atoms. The molecule has 4 unspecified atom stereocenters. The second-order valence-corrected chi connectivity index (χ2v) is 9.09. The molecule has 1 aliphatic carbocycles. The number of nitrogens with zero attached hydrogens (tertiary/aromatic N) is 4. The molecule has 0 bridgehead atoms. The van der Waals surface area contributed by atoms with Crippen LogP contribution in [0, 0.1) is 17.8 Å². The smallest absolute Gasteiger partial charge is 0.236 e. The molecule has 1 saturated carbocycles. The highest BCUT2D eigenvalue weighted by atomic mass is 16.2. The van der Waals surface area contributed by atoms with Crippen LogP contribution in [0.5, 0.6) is 0 Å². The van der Waals surface area contributed by atoms with Crippen LogP contribution in [0.4, 0.5) is 0 Å². The van der Waals surface area contributed by atoms with Crippen LogP contribution >= 0.6 is 0 Å². The number of likely N-dealkylation sites (tertiary alicyclic amines) is 1. The number of guanidine groups is 1. The lowest BCUT2D eigenvalue weighted by atomic mass is 9.92. The summed E-state index contributed by atoms with van der Waals surface area (Å²) in [5.74, 6) is 3.44. The van der Waals surface area contributed by atoms with Crippen molar-refractivity contribution < 1.29 is 4.79 Å². The molecule has 3 aliphatic rings. The van der Waals surface area contributed by atoms with Gasteiger partial charge in [-0.15, -0.1) is 0 Å². The Bertz CT molecular complexity index is 519. The number of rotatable bonds is 5. The van der Waals surface area contributed by atoms with E-state index in [2.05, 4.69) is 45.8 Å². The maximum atomic E-state index is 12.7. The quantitative estimate of drug-likeness (QED) is 0.587. The van der Waals surface area contributed by atoms with Gasteiger partial charge in [0.1, 0.15) is 0 Å². The summed E-state index contributed by atoms with van der Waals surface area (Å²) < 4.78 is 0. The number of piperidine rings is 1. The minimum atomic E-state index is 0.310. The fourth-order valence-electron chi connectivity index (χ4n) is 4.85. The highest BCUT2D eigenvalue weighted by molar-refractivity contribution is 5.81. The summed E-state index contributed by atoms with van der Waals surface area (Å²) in [6.45, 7) is 13.0. The largest absolute Gasteiger partial charge is 0.353 e. The van der Waals surface area contributed by atoms with Crippen LogP contribution in [-0.2, 0) is 4.79 Å². The molecular formula is C21H39N5O. The van der Waals surface area contributed by atoms with Gasteiger partial charge in [-0.1, -0.05) is 27.2 Å². The first-order valence-electron chi connectivity index (χ1n) is 11.0. The lowest BCUT2D eigenvalue weighted by Crippen LogP contribution is -2.55. The monoisotopic (exact) mass is 377 g/mol. The normalized spacial score (nSPS) is 32.5. The van der Waals surface area contributed by atoms with Crippen molar-refractivity contribution in [3.05, 3.63) is 0 Å². The zero-order chi connectivity index (χ0) is 19.4. The van der Waals surface area contributed by atoms with Crippen molar-refractivity contribution in [3.63, 3.8) is 0 Å². The van der Waals surface area contributed by atoms with Crippen LogP contribution in [0.1, 0.15) is 46.5 Å². The first-order valence-corrected chi connectivity index (χ1v) is 11.0. The molecule has 154 valence electrons. The summed E-state index contributed by atoms with van der Waals surface area (Å²) in [7, 11) is 1.88. The van der Waals surface area contributed by atoms with Crippen molar-refractivity contribution in [2.45, 2.75) is 52.5 Å². The fraction of sp³-hybridized carbons (Fsp3) is 0.905. The Balaban J connectivity index is 1.41. The number of piperazine rings is 1. The van der Waals surface area contributed by atoms with Crippen LogP contribution in [-0.4, -0.2) is 85.5 Å². The zero-order valence-corrected chi connectivity index (χ0v) is 17.8. The van der Waals surface area contributed by atoms with E-state index in [9.17, 15) is 4.79 Å². The molecule has 6 nitrogen and oxygen atoms in total. The Morgan fingerprint density at radius 1 is 1.04 bits per heavy atom. The summed E-state index contributed by atoms with van der Waals surface area (Å²) in [5.41, 5.74) is 0. The minimum absolute atomic E-state index is 0.310. The average molecular weight is 378 g/mol. The topological polar surface area (TPSA) is 51.2 Å². The predicted octanol–water partition coefficient (Wildman–Crippen LogP) is 1.87. The van der Waals surface area contributed by atoms with Crippen molar-refractivity contribution in [2.75, 3.05) is 52.9 Å². The lowest BCUT2D eigenvalue weighted by Gasteiger charge is -2.39. The third-order valence-corrected chi connectivity index (χ3v) is 6.36. The number of amides is 1. The van der Waals surface area contributed by atoms with Gasteiger partial charge in [-0.2, -0.15) is 0 Å². The summed E-state index contributed by atoms with van der Waals surface area (Å²) in [4.78, 5) is 24.0. The molecule has 0 aromatic carbocycles. The van der Waals surface area contributed by atoms with Crippen molar-refractivity contribution in [1.29, 1.82) is 0 Å². The highest BCUT2D eigenvalue weighted by Gasteiger charge is 2.37. The van der Waals surface area contributed by atoms with Gasteiger partial charge < -0.3 is 15.1 Å². The van der Waals surface area contributed by atoms with E-state index in [-0.39, 0.29) is 0 Å². The van der Waals surface area contributed by atoms with E-state index in [4.69, 9.17) is 0 Å². The Labute approximate surface area is 165 Å². The predicted molar refractivity (Wildman–Crippen MR) is 111 cm³/mol. The Hall–Kier alpha value is -1.30. The van der Waals surface area contributed by atoms with Gasteiger partial charge >= 0.3 is 0 Å². The number of aliphatic imine (C=N–C) groups is 1. The molecule has 3 rings (SSSR count). The maximum absolute atomic E-state index is 12.7. The van der Waals surface area contributed by atoms with Gasteiger partial charge in [0.05, 0.1) is 6.54 Å². The van der Waals surface area contributed by atoms with Crippen molar-refractivity contribution >= 4 is 11.9 Å². The number of hydrogen-bond acceptors (Lipinski definition) is 3. The first kappa shape index (κ1) is 20.4. The average Bonchev–Trinajstić information content (AvgIpc) is 3.37. The van der Waals surface area contributed by atoms with E-state index >= 15 is 0 Å². The zero-order valence-electron chi connectivity index (χ0n) is 17.8. The van der Waals surface area contributed by atoms with Crippen molar-refractivity contribution in [3.8, 4) is 0 Å². The minimum Gasteiger partial charge on any atom is -0.353 e. The summed E-state index contributed by atoms with van der Waals surface area (Å²) >= 11 is 0. The molecular weight excluding hydrogens is 338 g/mol. The van der Waals surface area contributed by atoms with E-state index < -0.39 is 0 Å². The Kier molecular flexibility index (Phi) is 7.01. The van der Waals surface area contributed by atoms with Gasteiger partial charge in [-0.3, -0.25) is 14.7 Å². The first-order chi connectivity index (χ1) is 13.0. The SMILES string of the molecule is CCCC1CC1NC(=NC)N1CCN(CC(=O)N2CC(C)CC(C)C2)CC1. The Morgan fingerprint density at radius 3 is 2.30 bits per heavy atom. The van der Waals surface area contributed by atoms with E-state index in [1.165, 1.54) is 25.7 Å². The maximum Gasteiger partial charge on any atom is 0.236 e. The van der Waals surface area contributed by atoms with Gasteiger partial charge in [-0.05, 0) is 37.0 Å². The molecule has 3 fully saturated rings. The number of carbonyl (C=O) groups excluding carboxylic acids is 1. The molecule has 1 N–H and O–H groups in total. The summed E-state index contributed by atoms with van der Waals surface area (Å²) in [6.07, 6.45) is 5.11. The van der Waals surface area contributed by atoms with Crippen molar-refractivity contribution in [1.82, 2.24) is 20.0 Å². The molecule has 2 saturated heterocycles. The van der Waals surface area contributed by atoms with Gasteiger partial charge in [-0.25, -0.2) is 0 Å². The van der Waals surface area contributed by atoms with E-state index in [1.807, 2.05) is 7.05 Å². The van der Waals surface area contributed by atoms with Gasteiger partial charge in [0.2, 0.25) is 5.91 Å². The third kappa shape index (κ3) is 5.59. The third-order valence-electron chi connectivity index (χ3n) is 6.36. The molecule has 0 radical (unpaired) electrons. The van der Waals surface area contributed by atoms with Gasteiger partial charge in [0.25, 0.3) is 0 Å². The molecule has 0 spiro atoms. The van der Waals surface area contributed by atoms with Crippen LogP contribution < -0.4 is 5.32 Å². The van der Waals surface area contributed by atoms with Crippen LogP contribution in [0.25, 0.3) is 0 Å². The molecule has 0 aromatic rings. The molecule has 2 aliphatic heterocycles. The standard InChI is InChI=1S/C21H39N5O/c1-5-6-18-12-19(18)23-21(22-4)25-9-7-24(8-10-25)15-20(27)26-13-16(2)11-17(3)14-26/h16-19H,5-15H2,1-4H3,(H,22,23). The van der Waals surface area contributed by atoms with E-state index in [0.717, 1.165) is 51.1 Å². The molecule has 2 heterocycles. The molecule has 4 atom stereocenters. The molecule has 6 heteroatoms. The van der Waals surface area contributed by atoms with Gasteiger partial charge in [0, 0.05) is 52.4 Å². The number of carbonyl (C=O) groups is 1. The molecule has 0 aromatic heterocycles. The fourth-order valence-corrected chi connectivity index (χ4v) is 4.85. The summed E-state index contributed by atoms with van der Waals surface area (Å²) in [6, 6.07) is 0.617. The highest BCUT2D eigenvalue weighted by Crippen LogP contribution is 2.34. The number of hydrogen-bond donors (Lipinski definition) is 1. The number of nitrogens with one attached hydrogen (secondary N) is 1. The second-order valence-electron chi connectivity index (χ2n) is 9.09. The van der Waals surface area contributed by atoms with E-state index in [1.54, 1.807) is 0 Å². The van der Waals surface area contributed by atoms with Gasteiger partial charge in [0.15, 0.2) is 5.96 Å². The van der Waals surface area contributed by atoms with Crippen LogP contribution in [0.15, 0.2) is 4.99 Å². The second kappa shape index (κ2) is 9.26.